The van der Waals surface area contributed by atoms with Gasteiger partial charge in [0.1, 0.15) is 29.9 Å². The van der Waals surface area contributed by atoms with Crippen molar-refractivity contribution in [3.8, 4) is 0 Å². The van der Waals surface area contributed by atoms with Crippen molar-refractivity contribution in [2.75, 3.05) is 36.0 Å². The number of imidazole rings is 1. The number of benzene rings is 1. The highest BCUT2D eigenvalue weighted by Gasteiger charge is 2.34. The lowest BCUT2D eigenvalue weighted by molar-refractivity contribution is 0.181. The smallest absolute Gasteiger partial charge is 0.415 e. The molecular formula is C19H20N6O2. The highest BCUT2D eigenvalue weighted by atomic mass is 16.6. The van der Waals surface area contributed by atoms with Gasteiger partial charge in [-0.05, 0) is 19.1 Å². The maximum atomic E-state index is 11.8. The summed E-state index contributed by atoms with van der Waals surface area (Å²) in [6.07, 6.45) is -0.347. The van der Waals surface area contributed by atoms with Crippen molar-refractivity contribution in [2.45, 2.75) is 12.8 Å². The van der Waals surface area contributed by atoms with Crippen molar-refractivity contribution in [3.63, 3.8) is 0 Å². The Labute approximate surface area is 156 Å². The number of nitrogens with zero attached hydrogens (tertiary/aromatic N) is 6. The summed E-state index contributed by atoms with van der Waals surface area (Å²) in [6.45, 7) is 4.46. The van der Waals surface area contributed by atoms with Crippen molar-refractivity contribution < 1.29 is 9.53 Å². The van der Waals surface area contributed by atoms with Crippen LogP contribution >= 0.6 is 0 Å². The number of carbonyl (C=O) groups excluding carboxylic acids is 1. The van der Waals surface area contributed by atoms with Crippen molar-refractivity contribution in [1.29, 1.82) is 0 Å². The van der Waals surface area contributed by atoms with Crippen LogP contribution in [0.2, 0.25) is 0 Å². The number of rotatable bonds is 3. The van der Waals surface area contributed by atoms with E-state index in [1.54, 1.807) is 4.90 Å². The number of amides is 1. The molecule has 1 aromatic carbocycles. The zero-order chi connectivity index (χ0) is 18.5. The highest BCUT2D eigenvalue weighted by Crippen LogP contribution is 2.33. The van der Waals surface area contributed by atoms with Crippen molar-refractivity contribution >= 4 is 28.8 Å². The Morgan fingerprint density at radius 3 is 2.63 bits per heavy atom. The topological polar surface area (TPSA) is 76.4 Å². The van der Waals surface area contributed by atoms with Crippen LogP contribution in [0, 0.1) is 6.92 Å². The Hall–Kier alpha value is -3.16. The zero-order valence-corrected chi connectivity index (χ0v) is 15.3. The largest absolute Gasteiger partial charge is 0.447 e. The Kier molecular flexibility index (Phi) is 3.53. The second kappa shape index (κ2) is 5.94. The van der Waals surface area contributed by atoms with Crippen LogP contribution in [0.25, 0.3) is 11.0 Å². The van der Waals surface area contributed by atoms with Gasteiger partial charge in [-0.1, -0.05) is 12.1 Å². The van der Waals surface area contributed by atoms with Gasteiger partial charge in [-0.15, -0.1) is 0 Å². The molecule has 0 aliphatic carbocycles. The van der Waals surface area contributed by atoms with E-state index in [4.69, 9.17) is 9.72 Å². The fraction of sp³-hybridized carbons (Fsp3) is 0.368. The van der Waals surface area contributed by atoms with Crippen LogP contribution in [0.4, 0.5) is 16.4 Å². The molecule has 3 aromatic rings. The summed E-state index contributed by atoms with van der Waals surface area (Å²) >= 11 is 0. The number of aromatic nitrogens is 4. The van der Waals surface area contributed by atoms with Gasteiger partial charge in [0.15, 0.2) is 0 Å². The van der Waals surface area contributed by atoms with Gasteiger partial charge in [-0.25, -0.2) is 19.7 Å². The number of para-hydroxylation sites is 2. The molecule has 27 heavy (non-hydrogen) atoms. The normalized spacial score (nSPS) is 17.5. The average molecular weight is 364 g/mol. The maximum Gasteiger partial charge on any atom is 0.415 e. The maximum absolute atomic E-state index is 11.8. The fourth-order valence-electron chi connectivity index (χ4n) is 3.80. The van der Waals surface area contributed by atoms with Crippen LogP contribution in [0.15, 0.2) is 30.3 Å². The first-order chi connectivity index (χ1) is 13.1. The molecule has 8 heteroatoms. The lowest BCUT2D eigenvalue weighted by Crippen LogP contribution is -2.46. The minimum absolute atomic E-state index is 0.347. The summed E-state index contributed by atoms with van der Waals surface area (Å²) in [4.78, 5) is 29.3. The number of hydrogen-bond acceptors (Lipinski definition) is 6. The highest BCUT2D eigenvalue weighted by molar-refractivity contribution is 5.88. The van der Waals surface area contributed by atoms with Gasteiger partial charge in [0, 0.05) is 26.2 Å². The van der Waals surface area contributed by atoms with Crippen LogP contribution in [0.5, 0.6) is 0 Å². The Morgan fingerprint density at radius 1 is 1.11 bits per heavy atom. The van der Waals surface area contributed by atoms with E-state index in [1.165, 1.54) is 0 Å². The van der Waals surface area contributed by atoms with Gasteiger partial charge in [0.25, 0.3) is 0 Å². The van der Waals surface area contributed by atoms with Gasteiger partial charge in [-0.3, -0.25) is 4.90 Å². The zero-order valence-electron chi connectivity index (χ0n) is 15.3. The Bertz CT molecular complexity index is 1040. The molecule has 0 radical (unpaired) electrons. The van der Waals surface area contributed by atoms with E-state index in [0.29, 0.717) is 30.7 Å². The quantitative estimate of drug-likeness (QED) is 0.709. The first kappa shape index (κ1) is 16.0. The third kappa shape index (κ3) is 2.59. The second-order valence-electron chi connectivity index (χ2n) is 7.02. The summed E-state index contributed by atoms with van der Waals surface area (Å²) in [5.74, 6) is 3.55. The summed E-state index contributed by atoms with van der Waals surface area (Å²) in [5, 5.41) is 0. The van der Waals surface area contributed by atoms with Gasteiger partial charge in [0.2, 0.25) is 0 Å². The lowest BCUT2D eigenvalue weighted by atomic mass is 9.99. The van der Waals surface area contributed by atoms with Crippen LogP contribution in [0.3, 0.4) is 0 Å². The van der Waals surface area contributed by atoms with E-state index in [9.17, 15) is 4.79 Å². The molecule has 4 heterocycles. The standard InChI is InChI=1S/C19H20N6O2/c1-12-20-16(9-17(21-12)25-7-8-27-19(25)26)24-10-13(11-24)18-22-14-5-3-4-6-15(14)23(18)2/h3-6,9,13H,7-8,10-11H2,1-2H3. The van der Waals surface area contributed by atoms with Gasteiger partial charge < -0.3 is 14.2 Å². The second-order valence-corrected chi connectivity index (χ2v) is 7.02. The average Bonchev–Trinajstić information content (AvgIpc) is 3.18. The van der Waals surface area contributed by atoms with Crippen molar-refractivity contribution in [2.24, 2.45) is 7.05 Å². The van der Waals surface area contributed by atoms with Gasteiger partial charge in [-0.2, -0.15) is 0 Å². The summed E-state index contributed by atoms with van der Waals surface area (Å²) < 4.78 is 7.19. The van der Waals surface area contributed by atoms with Crippen LogP contribution in [-0.4, -0.2) is 51.9 Å². The van der Waals surface area contributed by atoms with E-state index in [0.717, 1.165) is 35.8 Å². The van der Waals surface area contributed by atoms with Crippen molar-refractivity contribution in [3.05, 3.63) is 42.0 Å². The fourth-order valence-corrected chi connectivity index (χ4v) is 3.80. The molecule has 2 saturated heterocycles. The summed E-state index contributed by atoms with van der Waals surface area (Å²) in [7, 11) is 2.07. The number of fused-ring (bicyclic) bond motifs is 1. The SMILES string of the molecule is Cc1nc(N2CC(c3nc4ccccc4n3C)C2)cc(N2CCOC2=O)n1. The number of hydrogen-bond donors (Lipinski definition) is 0. The molecule has 0 atom stereocenters. The molecule has 138 valence electrons. The van der Waals surface area contributed by atoms with Crippen LogP contribution in [-0.2, 0) is 11.8 Å². The molecule has 0 spiro atoms. The van der Waals surface area contributed by atoms with Gasteiger partial charge >= 0.3 is 6.09 Å². The molecule has 2 aliphatic rings. The molecule has 5 rings (SSSR count). The lowest BCUT2D eigenvalue weighted by Gasteiger charge is -2.39. The molecule has 0 unspecified atom stereocenters. The molecule has 2 aromatic heterocycles. The minimum atomic E-state index is -0.347. The van der Waals surface area contributed by atoms with Crippen LogP contribution in [0.1, 0.15) is 17.6 Å². The molecular weight excluding hydrogens is 344 g/mol. The molecule has 0 N–H and O–H groups in total. The monoisotopic (exact) mass is 364 g/mol. The third-order valence-corrected chi connectivity index (χ3v) is 5.24. The van der Waals surface area contributed by atoms with E-state index < -0.39 is 0 Å². The van der Waals surface area contributed by atoms with E-state index in [1.807, 2.05) is 31.2 Å². The number of aryl methyl sites for hydroxylation is 2. The summed E-state index contributed by atoms with van der Waals surface area (Å²) in [5.41, 5.74) is 2.18. The van der Waals surface area contributed by atoms with Crippen LogP contribution < -0.4 is 9.80 Å². The van der Waals surface area contributed by atoms with Gasteiger partial charge in [0.05, 0.1) is 23.5 Å². The Morgan fingerprint density at radius 2 is 1.89 bits per heavy atom. The van der Waals surface area contributed by atoms with E-state index in [2.05, 4.69) is 32.5 Å². The van der Waals surface area contributed by atoms with E-state index >= 15 is 0 Å². The molecule has 1 amide bonds. The van der Waals surface area contributed by atoms with Crippen molar-refractivity contribution in [1.82, 2.24) is 19.5 Å². The molecule has 0 saturated carbocycles. The number of ether oxygens (including phenoxy) is 1. The first-order valence-electron chi connectivity index (χ1n) is 9.06. The Balaban J connectivity index is 1.38. The molecule has 0 bridgehead atoms. The number of cyclic esters (lactones) is 1. The molecule has 2 fully saturated rings. The molecule has 8 nitrogen and oxygen atoms in total. The predicted molar refractivity (Wildman–Crippen MR) is 101 cm³/mol. The summed E-state index contributed by atoms with van der Waals surface area (Å²) in [6, 6.07) is 10.1. The first-order valence-corrected chi connectivity index (χ1v) is 9.06. The molecule has 2 aliphatic heterocycles. The number of anilines is 2. The predicted octanol–water partition coefficient (Wildman–Crippen LogP) is 2.23. The van der Waals surface area contributed by atoms with E-state index in [-0.39, 0.29) is 6.09 Å². The third-order valence-electron chi connectivity index (χ3n) is 5.24. The minimum Gasteiger partial charge on any atom is -0.447 e. The number of carbonyl (C=O) groups is 1.